The summed E-state index contributed by atoms with van der Waals surface area (Å²) in [7, 11) is 3.47. The molecule has 0 aliphatic rings. The van der Waals surface area contributed by atoms with Crippen molar-refractivity contribution >= 4 is 22.3 Å². The van der Waals surface area contributed by atoms with Crippen LogP contribution in [0, 0.1) is 0 Å². The van der Waals surface area contributed by atoms with Crippen LogP contribution >= 0.6 is 0 Å². The Morgan fingerprint density at radius 2 is 2.13 bits per heavy atom. The van der Waals surface area contributed by atoms with E-state index in [1.807, 2.05) is 31.3 Å². The van der Waals surface area contributed by atoms with Crippen molar-refractivity contribution < 1.29 is 4.84 Å². The topological polar surface area (TPSA) is 51.4 Å². The van der Waals surface area contributed by atoms with Crippen molar-refractivity contribution in [1.82, 2.24) is 4.98 Å². The second-order valence-corrected chi connectivity index (χ2v) is 3.25. The average molecular weight is 203 g/mol. The number of para-hydroxylation sites is 1. The molecule has 0 saturated carbocycles. The minimum absolute atomic E-state index is 0.679. The van der Waals surface area contributed by atoms with Crippen LogP contribution in [0.5, 0.6) is 0 Å². The summed E-state index contributed by atoms with van der Waals surface area (Å²) in [6, 6.07) is 7.62. The number of hydroxylamine groups is 1. The molecule has 4 nitrogen and oxygen atoms in total. The van der Waals surface area contributed by atoms with Crippen molar-refractivity contribution in [2.75, 3.05) is 25.0 Å². The lowest BCUT2D eigenvalue weighted by Crippen LogP contribution is -2.15. The molecule has 0 spiro atoms. The fraction of sp³-hybridized carbons (Fsp3) is 0.182. The summed E-state index contributed by atoms with van der Waals surface area (Å²) in [5, 5.41) is 2.67. The maximum atomic E-state index is 5.84. The van der Waals surface area contributed by atoms with Crippen LogP contribution in [-0.2, 0) is 4.84 Å². The molecule has 0 saturated heterocycles. The third-order valence-corrected chi connectivity index (χ3v) is 2.39. The van der Waals surface area contributed by atoms with Gasteiger partial charge in [0.05, 0.1) is 24.0 Å². The molecule has 1 heterocycles. The molecule has 0 unspecified atom stereocenters. The first-order valence-corrected chi connectivity index (χ1v) is 4.65. The van der Waals surface area contributed by atoms with Crippen LogP contribution in [0.4, 0.5) is 11.4 Å². The van der Waals surface area contributed by atoms with Crippen molar-refractivity contribution in [3.05, 3.63) is 30.5 Å². The number of rotatable bonds is 2. The Morgan fingerprint density at radius 3 is 2.87 bits per heavy atom. The Morgan fingerprint density at radius 1 is 1.33 bits per heavy atom. The predicted octanol–water partition coefficient (Wildman–Crippen LogP) is 1.81. The fourth-order valence-corrected chi connectivity index (χ4v) is 1.56. The number of nitrogens with zero attached hydrogens (tertiary/aromatic N) is 2. The Labute approximate surface area is 88.2 Å². The molecule has 0 atom stereocenters. The highest BCUT2D eigenvalue weighted by Gasteiger charge is 2.07. The summed E-state index contributed by atoms with van der Waals surface area (Å²) in [5.74, 6) is 0. The van der Waals surface area contributed by atoms with Gasteiger partial charge in [-0.05, 0) is 12.1 Å². The summed E-state index contributed by atoms with van der Waals surface area (Å²) >= 11 is 0. The molecule has 2 rings (SSSR count). The molecule has 78 valence electrons. The smallest absolute Gasteiger partial charge is 0.0952 e. The van der Waals surface area contributed by atoms with Gasteiger partial charge in [0.1, 0.15) is 0 Å². The first-order valence-electron chi connectivity index (χ1n) is 4.65. The number of pyridine rings is 1. The monoisotopic (exact) mass is 203 g/mol. The van der Waals surface area contributed by atoms with Crippen LogP contribution in [0.1, 0.15) is 0 Å². The van der Waals surface area contributed by atoms with Crippen LogP contribution in [0.15, 0.2) is 30.5 Å². The fourth-order valence-electron chi connectivity index (χ4n) is 1.56. The molecule has 0 bridgehead atoms. The number of aromatic nitrogens is 1. The van der Waals surface area contributed by atoms with Gasteiger partial charge in [-0.3, -0.25) is 14.9 Å². The normalized spacial score (nSPS) is 10.5. The highest BCUT2D eigenvalue weighted by atomic mass is 16.7. The third kappa shape index (κ3) is 1.59. The van der Waals surface area contributed by atoms with E-state index < -0.39 is 0 Å². The number of nitrogens with two attached hydrogens (primary N) is 1. The second kappa shape index (κ2) is 3.74. The molecular formula is C11H13N3O. The molecule has 0 aliphatic heterocycles. The van der Waals surface area contributed by atoms with E-state index in [-0.39, 0.29) is 0 Å². The Kier molecular flexibility index (Phi) is 2.43. The molecule has 15 heavy (non-hydrogen) atoms. The summed E-state index contributed by atoms with van der Waals surface area (Å²) in [4.78, 5) is 9.40. The second-order valence-electron chi connectivity index (χ2n) is 3.25. The van der Waals surface area contributed by atoms with Gasteiger partial charge < -0.3 is 5.73 Å². The van der Waals surface area contributed by atoms with Crippen LogP contribution < -0.4 is 10.8 Å². The van der Waals surface area contributed by atoms with E-state index in [1.54, 1.807) is 18.4 Å². The van der Waals surface area contributed by atoms with Gasteiger partial charge in [-0.1, -0.05) is 12.1 Å². The lowest BCUT2D eigenvalue weighted by molar-refractivity contribution is 0.185. The van der Waals surface area contributed by atoms with E-state index >= 15 is 0 Å². The number of benzene rings is 1. The van der Waals surface area contributed by atoms with E-state index in [9.17, 15) is 0 Å². The average Bonchev–Trinajstić information content (AvgIpc) is 2.28. The highest BCUT2D eigenvalue weighted by Crippen LogP contribution is 2.27. The summed E-state index contributed by atoms with van der Waals surface area (Å²) < 4.78 is 0. The van der Waals surface area contributed by atoms with Gasteiger partial charge in [0.2, 0.25) is 0 Å². The standard InChI is InChI=1S/C11H13N3O/c1-14(15-2)10-6-7-13-11-8(10)4-3-5-9(11)12/h3-7H,12H2,1-2H3. The zero-order chi connectivity index (χ0) is 10.8. The summed E-state index contributed by atoms with van der Waals surface area (Å²) in [6.07, 6.45) is 1.73. The number of nitrogen functional groups attached to an aromatic ring is 1. The summed E-state index contributed by atoms with van der Waals surface area (Å²) in [5.41, 5.74) is 8.28. The van der Waals surface area contributed by atoms with Crippen LogP contribution in [0.2, 0.25) is 0 Å². The Hall–Kier alpha value is -1.81. The highest BCUT2D eigenvalue weighted by molar-refractivity contribution is 5.97. The molecule has 2 aromatic rings. The number of fused-ring (bicyclic) bond motifs is 1. The molecule has 1 aromatic heterocycles. The van der Waals surface area contributed by atoms with Crippen molar-refractivity contribution in [3.8, 4) is 0 Å². The molecular weight excluding hydrogens is 190 g/mol. The quantitative estimate of drug-likeness (QED) is 0.597. The van der Waals surface area contributed by atoms with Crippen LogP contribution in [-0.4, -0.2) is 19.1 Å². The predicted molar refractivity (Wildman–Crippen MR) is 61.6 cm³/mol. The van der Waals surface area contributed by atoms with Gasteiger partial charge in [0.15, 0.2) is 0 Å². The molecule has 4 heteroatoms. The van der Waals surface area contributed by atoms with Crippen molar-refractivity contribution in [1.29, 1.82) is 0 Å². The van der Waals surface area contributed by atoms with Gasteiger partial charge >= 0.3 is 0 Å². The number of hydrogen-bond donors (Lipinski definition) is 1. The maximum Gasteiger partial charge on any atom is 0.0952 e. The molecule has 2 N–H and O–H groups in total. The van der Waals surface area contributed by atoms with Gasteiger partial charge in [-0.2, -0.15) is 0 Å². The van der Waals surface area contributed by atoms with E-state index in [0.717, 1.165) is 16.6 Å². The molecule has 0 radical (unpaired) electrons. The van der Waals surface area contributed by atoms with E-state index in [4.69, 9.17) is 10.6 Å². The van der Waals surface area contributed by atoms with Gasteiger partial charge in [0.25, 0.3) is 0 Å². The molecule has 0 aliphatic carbocycles. The van der Waals surface area contributed by atoms with E-state index in [2.05, 4.69) is 4.98 Å². The van der Waals surface area contributed by atoms with Crippen LogP contribution in [0.25, 0.3) is 10.9 Å². The lowest BCUT2D eigenvalue weighted by Gasteiger charge is -2.17. The van der Waals surface area contributed by atoms with E-state index in [0.29, 0.717) is 5.69 Å². The zero-order valence-corrected chi connectivity index (χ0v) is 8.77. The van der Waals surface area contributed by atoms with E-state index in [1.165, 1.54) is 0 Å². The van der Waals surface area contributed by atoms with Gasteiger partial charge in [-0.15, -0.1) is 0 Å². The van der Waals surface area contributed by atoms with Crippen molar-refractivity contribution in [2.45, 2.75) is 0 Å². The van der Waals surface area contributed by atoms with Crippen molar-refractivity contribution in [3.63, 3.8) is 0 Å². The minimum atomic E-state index is 0.679. The number of hydrogen-bond acceptors (Lipinski definition) is 4. The van der Waals surface area contributed by atoms with Gasteiger partial charge in [-0.25, -0.2) is 0 Å². The third-order valence-electron chi connectivity index (χ3n) is 2.39. The van der Waals surface area contributed by atoms with Gasteiger partial charge in [0, 0.05) is 18.6 Å². The number of anilines is 2. The molecule has 1 aromatic carbocycles. The lowest BCUT2D eigenvalue weighted by atomic mass is 10.1. The molecule has 0 fully saturated rings. The maximum absolute atomic E-state index is 5.84. The zero-order valence-electron chi connectivity index (χ0n) is 8.77. The first-order chi connectivity index (χ1) is 7.24. The summed E-state index contributed by atoms with van der Waals surface area (Å²) in [6.45, 7) is 0. The first kappa shape index (κ1) is 9.73. The van der Waals surface area contributed by atoms with Crippen molar-refractivity contribution in [2.24, 2.45) is 0 Å². The van der Waals surface area contributed by atoms with Crippen LogP contribution in [0.3, 0.4) is 0 Å². The Bertz CT molecular complexity index is 484. The SMILES string of the molecule is CON(C)c1ccnc2c(N)cccc12. The Balaban J connectivity index is 2.71. The largest absolute Gasteiger partial charge is 0.397 e. The molecule has 0 amide bonds. The minimum Gasteiger partial charge on any atom is -0.397 e.